The number of aryl methyl sites for hydroxylation is 1. The summed E-state index contributed by atoms with van der Waals surface area (Å²) >= 11 is 0. The Balaban J connectivity index is 1.47. The molecule has 3 rings (SSSR count). The number of hydrogen-bond acceptors (Lipinski definition) is 6. The Bertz CT molecular complexity index is 473. The first-order valence-electron chi connectivity index (χ1n) is 7.58. The maximum absolute atomic E-state index is 12.2. The Kier molecular flexibility index (Phi) is 4.16. The molecule has 0 spiro atoms. The average molecular weight is 294 g/mol. The number of likely N-dealkylation sites (tertiary alicyclic amines) is 2. The zero-order valence-corrected chi connectivity index (χ0v) is 12.2. The lowest BCUT2D eigenvalue weighted by Gasteiger charge is -2.28. The number of carbonyl (C=O) groups is 1. The minimum atomic E-state index is -0.741. The van der Waals surface area contributed by atoms with E-state index in [1.54, 1.807) is 9.58 Å². The fourth-order valence-corrected chi connectivity index (χ4v) is 3.21. The second-order valence-corrected chi connectivity index (χ2v) is 6.10. The fourth-order valence-electron chi connectivity index (χ4n) is 3.21. The monoisotopic (exact) mass is 294 g/mol. The molecule has 1 N–H and O–H groups in total. The lowest BCUT2D eigenvalue weighted by Crippen LogP contribution is -2.45. The van der Waals surface area contributed by atoms with Crippen LogP contribution in [0.2, 0.25) is 0 Å². The van der Waals surface area contributed by atoms with Crippen LogP contribution in [-0.4, -0.2) is 79.3 Å². The first-order valence-corrected chi connectivity index (χ1v) is 7.58. The molecule has 2 fully saturated rings. The Hall–Kier alpha value is -1.54. The van der Waals surface area contributed by atoms with Gasteiger partial charge in [-0.2, -0.15) is 0 Å². The number of aromatic nitrogens is 4. The topological polar surface area (TPSA) is 87.4 Å². The lowest BCUT2D eigenvalue weighted by atomic mass is 10.0. The van der Waals surface area contributed by atoms with E-state index in [4.69, 9.17) is 0 Å². The number of carbonyl (C=O) groups excluding carboxylic acids is 1. The van der Waals surface area contributed by atoms with Gasteiger partial charge in [0.2, 0.25) is 5.91 Å². The Labute approximate surface area is 123 Å². The number of nitrogens with zero attached hydrogens (tertiary/aromatic N) is 6. The van der Waals surface area contributed by atoms with E-state index in [1.807, 2.05) is 0 Å². The van der Waals surface area contributed by atoms with E-state index in [-0.39, 0.29) is 5.91 Å². The van der Waals surface area contributed by atoms with Crippen molar-refractivity contribution in [2.24, 2.45) is 0 Å². The van der Waals surface area contributed by atoms with Gasteiger partial charge in [-0.15, -0.1) is 5.10 Å². The summed E-state index contributed by atoms with van der Waals surface area (Å²) in [4.78, 5) is 16.2. The highest BCUT2D eigenvalue weighted by Gasteiger charge is 2.39. The number of amides is 1. The summed E-state index contributed by atoms with van der Waals surface area (Å²) in [5.74, 6) is 0.0582. The molecule has 0 aliphatic carbocycles. The van der Waals surface area contributed by atoms with Gasteiger partial charge in [-0.3, -0.25) is 4.79 Å². The molecule has 0 aromatic carbocycles. The summed E-state index contributed by atoms with van der Waals surface area (Å²) in [5, 5.41) is 21.5. The van der Waals surface area contributed by atoms with Crippen LogP contribution in [0.15, 0.2) is 6.33 Å². The molecule has 1 unspecified atom stereocenters. The van der Waals surface area contributed by atoms with Crippen molar-refractivity contribution in [2.45, 2.75) is 37.8 Å². The third-order valence-electron chi connectivity index (χ3n) is 4.35. The fraction of sp³-hybridized carbons (Fsp3) is 0.846. The van der Waals surface area contributed by atoms with Crippen molar-refractivity contribution in [3.63, 3.8) is 0 Å². The third kappa shape index (κ3) is 3.56. The highest BCUT2D eigenvalue weighted by atomic mass is 16.3. The van der Waals surface area contributed by atoms with Crippen molar-refractivity contribution in [1.82, 2.24) is 30.0 Å². The van der Waals surface area contributed by atoms with Crippen molar-refractivity contribution in [2.75, 3.05) is 32.7 Å². The zero-order valence-electron chi connectivity index (χ0n) is 12.2. The molecule has 2 aliphatic rings. The number of hydrogen-bond donors (Lipinski definition) is 1. The van der Waals surface area contributed by atoms with Crippen LogP contribution in [0.25, 0.3) is 0 Å². The van der Waals surface area contributed by atoms with Crippen LogP contribution in [0.4, 0.5) is 0 Å². The predicted octanol–water partition coefficient (Wildman–Crippen LogP) is -0.878. The van der Waals surface area contributed by atoms with Crippen LogP contribution in [0, 0.1) is 0 Å². The third-order valence-corrected chi connectivity index (χ3v) is 4.35. The van der Waals surface area contributed by atoms with E-state index in [2.05, 4.69) is 20.4 Å². The second kappa shape index (κ2) is 6.07. The van der Waals surface area contributed by atoms with Crippen LogP contribution in [0.1, 0.15) is 25.7 Å². The van der Waals surface area contributed by atoms with Gasteiger partial charge in [-0.1, -0.05) is 0 Å². The van der Waals surface area contributed by atoms with E-state index in [1.165, 1.54) is 19.2 Å². The number of aliphatic hydroxyl groups is 1. The Morgan fingerprint density at radius 1 is 1.29 bits per heavy atom. The molecule has 1 atom stereocenters. The molecule has 116 valence electrons. The summed E-state index contributed by atoms with van der Waals surface area (Å²) in [5.41, 5.74) is -0.741. The van der Waals surface area contributed by atoms with Crippen LogP contribution >= 0.6 is 0 Å². The van der Waals surface area contributed by atoms with Gasteiger partial charge in [0, 0.05) is 19.5 Å². The van der Waals surface area contributed by atoms with Crippen LogP contribution < -0.4 is 0 Å². The van der Waals surface area contributed by atoms with Crippen molar-refractivity contribution in [3.8, 4) is 0 Å². The smallest absolute Gasteiger partial charge is 0.224 e. The first kappa shape index (κ1) is 14.4. The van der Waals surface area contributed by atoms with E-state index >= 15 is 0 Å². The van der Waals surface area contributed by atoms with Gasteiger partial charge in [-0.25, -0.2) is 4.68 Å². The normalized spacial score (nSPS) is 26.6. The standard InChI is InChI=1S/C13H22N6O2/c20-12(3-7-19-11-14-15-16-19)18-8-4-13(21,10-18)9-17-5-1-2-6-17/h11,21H,1-10H2. The van der Waals surface area contributed by atoms with Gasteiger partial charge < -0.3 is 14.9 Å². The molecule has 0 saturated carbocycles. The number of rotatable bonds is 5. The quantitative estimate of drug-likeness (QED) is 0.759. The van der Waals surface area contributed by atoms with Gasteiger partial charge >= 0.3 is 0 Å². The molecule has 8 heteroatoms. The maximum atomic E-state index is 12.2. The van der Waals surface area contributed by atoms with Crippen molar-refractivity contribution < 1.29 is 9.90 Å². The highest BCUT2D eigenvalue weighted by molar-refractivity contribution is 5.76. The van der Waals surface area contributed by atoms with Crippen LogP contribution in [0.5, 0.6) is 0 Å². The predicted molar refractivity (Wildman–Crippen MR) is 74.3 cm³/mol. The summed E-state index contributed by atoms with van der Waals surface area (Å²) in [7, 11) is 0. The van der Waals surface area contributed by atoms with Gasteiger partial charge in [-0.05, 0) is 42.8 Å². The van der Waals surface area contributed by atoms with Crippen LogP contribution in [-0.2, 0) is 11.3 Å². The molecule has 1 aromatic heterocycles. The van der Waals surface area contributed by atoms with E-state index in [9.17, 15) is 9.90 Å². The molecule has 1 amide bonds. The molecule has 21 heavy (non-hydrogen) atoms. The zero-order chi connectivity index (χ0) is 14.7. The van der Waals surface area contributed by atoms with Crippen molar-refractivity contribution in [3.05, 3.63) is 6.33 Å². The molecular weight excluding hydrogens is 272 g/mol. The Morgan fingerprint density at radius 2 is 2.10 bits per heavy atom. The molecular formula is C13H22N6O2. The molecule has 3 heterocycles. The molecule has 1 aromatic rings. The van der Waals surface area contributed by atoms with Gasteiger partial charge in [0.05, 0.1) is 18.7 Å². The van der Waals surface area contributed by atoms with Crippen LogP contribution in [0.3, 0.4) is 0 Å². The summed E-state index contributed by atoms with van der Waals surface area (Å²) in [6.45, 7) is 4.37. The molecule has 2 aliphatic heterocycles. The number of tetrazole rings is 1. The van der Waals surface area contributed by atoms with Crippen molar-refractivity contribution in [1.29, 1.82) is 0 Å². The summed E-state index contributed by atoms with van der Waals surface area (Å²) in [6.07, 6.45) is 4.96. The summed E-state index contributed by atoms with van der Waals surface area (Å²) < 4.78 is 1.55. The van der Waals surface area contributed by atoms with E-state index < -0.39 is 5.60 Å². The first-order chi connectivity index (χ1) is 10.1. The molecule has 0 radical (unpaired) electrons. The molecule has 0 bridgehead atoms. The van der Waals surface area contributed by atoms with Crippen molar-refractivity contribution >= 4 is 5.91 Å². The maximum Gasteiger partial charge on any atom is 0.224 e. The molecule has 8 nitrogen and oxygen atoms in total. The molecule has 2 saturated heterocycles. The average Bonchev–Trinajstić information content (AvgIpc) is 3.18. The van der Waals surface area contributed by atoms with Gasteiger partial charge in [0.1, 0.15) is 6.33 Å². The second-order valence-electron chi connectivity index (χ2n) is 6.10. The largest absolute Gasteiger partial charge is 0.387 e. The summed E-state index contributed by atoms with van der Waals surface area (Å²) in [6, 6.07) is 0. The van der Waals surface area contributed by atoms with Gasteiger partial charge in [0.25, 0.3) is 0 Å². The van der Waals surface area contributed by atoms with E-state index in [0.29, 0.717) is 39.0 Å². The highest BCUT2D eigenvalue weighted by Crippen LogP contribution is 2.24. The minimum Gasteiger partial charge on any atom is -0.387 e. The minimum absolute atomic E-state index is 0.0582. The Morgan fingerprint density at radius 3 is 2.81 bits per heavy atom. The SMILES string of the molecule is O=C(CCn1cnnn1)N1CCC(O)(CN2CCCC2)C1. The number of β-amino-alcohol motifs (C(OH)–C–C–N with tert-alkyl or cyclic N) is 1. The van der Waals surface area contributed by atoms with E-state index in [0.717, 1.165) is 13.1 Å². The van der Waals surface area contributed by atoms with Gasteiger partial charge in [0.15, 0.2) is 0 Å². The lowest BCUT2D eigenvalue weighted by molar-refractivity contribution is -0.131.